The van der Waals surface area contributed by atoms with E-state index in [0.29, 0.717) is 17.9 Å². The number of ether oxygens (including phenoxy) is 1. The molecule has 0 radical (unpaired) electrons. The number of fused-ring (bicyclic) bond motifs is 3. The number of amides is 2. The summed E-state index contributed by atoms with van der Waals surface area (Å²) in [6.45, 7) is -0.568. The van der Waals surface area contributed by atoms with Gasteiger partial charge < -0.3 is 24.5 Å². The van der Waals surface area contributed by atoms with Crippen molar-refractivity contribution >= 4 is 11.8 Å². The Morgan fingerprint density at radius 1 is 1.07 bits per heavy atom. The maximum absolute atomic E-state index is 13.4. The predicted molar refractivity (Wildman–Crippen MR) is 102 cm³/mol. The predicted octanol–water partition coefficient (Wildman–Crippen LogP) is 1.48. The number of nitrogens with zero attached hydrogens (tertiary/aromatic N) is 1. The monoisotopic (exact) mass is 419 g/mol. The van der Waals surface area contributed by atoms with Gasteiger partial charge in [0.05, 0.1) is 18.4 Å². The second-order valence-electron chi connectivity index (χ2n) is 9.25. The number of hydrogen-bond donors (Lipinski definition) is 3. The van der Waals surface area contributed by atoms with E-state index in [4.69, 9.17) is 9.15 Å². The molecule has 0 bridgehead atoms. The molecule has 0 spiro atoms. The molecule has 0 aromatic carbocycles. The molecule has 8 nitrogen and oxygen atoms in total. The Labute approximate surface area is 174 Å². The minimum absolute atomic E-state index is 0.0553. The molecule has 5 rings (SSSR count). The van der Waals surface area contributed by atoms with E-state index in [1.54, 1.807) is 12.1 Å². The topological polar surface area (TPSA) is 120 Å². The maximum atomic E-state index is 13.4. The molecule has 2 aliphatic carbocycles. The van der Waals surface area contributed by atoms with Crippen LogP contribution in [0.15, 0.2) is 16.5 Å². The third-order valence-corrected chi connectivity index (χ3v) is 7.71. The Morgan fingerprint density at radius 2 is 1.83 bits per heavy atom. The Balaban J connectivity index is 1.46. The highest BCUT2D eigenvalue weighted by molar-refractivity contribution is 6.05. The number of hydrogen-bond acceptors (Lipinski definition) is 7. The molecule has 2 aliphatic heterocycles. The van der Waals surface area contributed by atoms with Crippen LogP contribution in [0.2, 0.25) is 0 Å². The first kappa shape index (κ1) is 20.2. The number of imide groups is 1. The molecular weight excluding hydrogens is 390 g/mol. The molecule has 2 saturated carbocycles. The van der Waals surface area contributed by atoms with Gasteiger partial charge in [-0.05, 0) is 37.8 Å². The lowest BCUT2D eigenvalue weighted by atomic mass is 9.64. The summed E-state index contributed by atoms with van der Waals surface area (Å²) in [6.07, 6.45) is 4.79. The number of likely N-dealkylation sites (tertiary alicyclic amines) is 1. The van der Waals surface area contributed by atoms with Gasteiger partial charge in [0.1, 0.15) is 24.2 Å². The van der Waals surface area contributed by atoms with Gasteiger partial charge in [-0.1, -0.05) is 19.3 Å². The maximum Gasteiger partial charge on any atom is 0.233 e. The summed E-state index contributed by atoms with van der Waals surface area (Å²) < 4.78 is 11.6. The normalized spacial score (nSPS) is 39.4. The molecule has 1 aromatic heterocycles. The summed E-state index contributed by atoms with van der Waals surface area (Å²) in [6, 6.07) is 3.28. The Morgan fingerprint density at radius 3 is 2.50 bits per heavy atom. The van der Waals surface area contributed by atoms with Crippen LogP contribution in [-0.2, 0) is 20.9 Å². The minimum Gasteiger partial charge on any atom is -0.461 e. The van der Waals surface area contributed by atoms with E-state index in [1.165, 1.54) is 4.90 Å². The van der Waals surface area contributed by atoms with E-state index < -0.39 is 35.6 Å². The smallest absolute Gasteiger partial charge is 0.233 e. The van der Waals surface area contributed by atoms with Crippen LogP contribution < -0.4 is 0 Å². The zero-order valence-electron chi connectivity index (χ0n) is 16.9. The first-order valence-corrected chi connectivity index (χ1v) is 11.0. The largest absolute Gasteiger partial charge is 0.461 e. The van der Waals surface area contributed by atoms with Gasteiger partial charge in [0.2, 0.25) is 11.8 Å². The van der Waals surface area contributed by atoms with E-state index in [-0.39, 0.29) is 37.5 Å². The Kier molecular flexibility index (Phi) is 5.01. The first-order chi connectivity index (χ1) is 14.5. The van der Waals surface area contributed by atoms with E-state index in [2.05, 4.69) is 0 Å². The fourth-order valence-corrected chi connectivity index (χ4v) is 6.25. The molecule has 1 aromatic rings. The van der Waals surface area contributed by atoms with Crippen LogP contribution in [0.5, 0.6) is 0 Å². The van der Waals surface area contributed by atoms with Gasteiger partial charge >= 0.3 is 0 Å². The Bertz CT molecular complexity index is 831. The van der Waals surface area contributed by atoms with Gasteiger partial charge in [0.15, 0.2) is 5.79 Å². The summed E-state index contributed by atoms with van der Waals surface area (Å²) in [5.41, 5.74) is 0. The van der Waals surface area contributed by atoms with Crippen molar-refractivity contribution in [2.75, 3.05) is 6.61 Å². The van der Waals surface area contributed by atoms with Crippen molar-refractivity contribution in [1.82, 2.24) is 4.90 Å². The second kappa shape index (κ2) is 7.44. The van der Waals surface area contributed by atoms with E-state index >= 15 is 0 Å². The second-order valence-corrected chi connectivity index (χ2v) is 9.25. The molecule has 8 heteroatoms. The molecule has 3 heterocycles. The average Bonchev–Trinajstić information content (AvgIpc) is 3.43. The van der Waals surface area contributed by atoms with Gasteiger partial charge in [-0.25, -0.2) is 0 Å². The third kappa shape index (κ3) is 2.88. The lowest BCUT2D eigenvalue weighted by Gasteiger charge is -2.43. The number of aliphatic hydroxyl groups excluding tert-OH is 2. The lowest BCUT2D eigenvalue weighted by Crippen LogP contribution is -2.54. The van der Waals surface area contributed by atoms with Gasteiger partial charge in [0, 0.05) is 17.9 Å². The van der Waals surface area contributed by atoms with Crippen LogP contribution >= 0.6 is 0 Å². The van der Waals surface area contributed by atoms with Crippen LogP contribution in [0.3, 0.4) is 0 Å². The number of rotatable bonds is 4. The molecule has 30 heavy (non-hydrogen) atoms. The number of carbonyl (C=O) groups excluding carboxylic acids is 2. The van der Waals surface area contributed by atoms with Crippen LogP contribution in [0.4, 0.5) is 0 Å². The third-order valence-electron chi connectivity index (χ3n) is 7.71. The van der Waals surface area contributed by atoms with E-state index in [1.807, 2.05) is 0 Å². The van der Waals surface area contributed by atoms with Gasteiger partial charge in [0.25, 0.3) is 0 Å². The quantitative estimate of drug-likeness (QED) is 0.632. The van der Waals surface area contributed by atoms with Crippen LogP contribution in [0.25, 0.3) is 0 Å². The molecule has 2 saturated heterocycles. The summed E-state index contributed by atoms with van der Waals surface area (Å²) >= 11 is 0. The van der Waals surface area contributed by atoms with Gasteiger partial charge in [-0.2, -0.15) is 0 Å². The molecule has 164 valence electrons. The highest BCUT2D eigenvalue weighted by Crippen LogP contribution is 2.58. The summed E-state index contributed by atoms with van der Waals surface area (Å²) in [4.78, 5) is 28.2. The summed E-state index contributed by atoms with van der Waals surface area (Å²) in [7, 11) is 0. The fourth-order valence-electron chi connectivity index (χ4n) is 6.25. The zero-order valence-corrected chi connectivity index (χ0v) is 16.9. The summed E-state index contributed by atoms with van der Waals surface area (Å²) in [5.74, 6) is -3.57. The molecule has 4 fully saturated rings. The molecule has 4 aliphatic rings. The molecule has 0 unspecified atom stereocenters. The standard InChI is InChI=1S/C22H29NO7/c24-10-12-8-15-19(21(27)23(20(15)26)13-4-2-1-3-5-13)16-9-18(30-22(12,16)28)17-7-6-14(11-25)29-17/h6-7,12-13,15-16,18-19,24-25,28H,1-5,8-11H2/t12-,15+,16+,18+,19+,22-/m1/s1. The van der Waals surface area contributed by atoms with Crippen molar-refractivity contribution in [2.24, 2.45) is 23.7 Å². The van der Waals surface area contributed by atoms with Crippen molar-refractivity contribution in [1.29, 1.82) is 0 Å². The number of furan rings is 1. The highest BCUT2D eigenvalue weighted by atomic mass is 16.6. The first-order valence-electron chi connectivity index (χ1n) is 11.0. The minimum atomic E-state index is -1.69. The van der Waals surface area contributed by atoms with Crippen LogP contribution in [0, 0.1) is 23.7 Å². The average molecular weight is 419 g/mol. The molecule has 3 N–H and O–H groups in total. The van der Waals surface area contributed by atoms with Gasteiger partial charge in [-0.15, -0.1) is 0 Å². The molecule has 6 atom stereocenters. The van der Waals surface area contributed by atoms with Crippen molar-refractivity contribution in [2.45, 2.75) is 69.5 Å². The van der Waals surface area contributed by atoms with Crippen molar-refractivity contribution < 1.29 is 34.1 Å². The fraction of sp³-hybridized carbons (Fsp3) is 0.727. The van der Waals surface area contributed by atoms with E-state index in [9.17, 15) is 24.9 Å². The van der Waals surface area contributed by atoms with Crippen molar-refractivity contribution in [3.63, 3.8) is 0 Å². The van der Waals surface area contributed by atoms with Crippen molar-refractivity contribution in [3.05, 3.63) is 23.7 Å². The highest BCUT2D eigenvalue weighted by Gasteiger charge is 2.67. The zero-order chi connectivity index (χ0) is 21.0. The van der Waals surface area contributed by atoms with Crippen molar-refractivity contribution in [3.8, 4) is 0 Å². The Hall–Kier alpha value is -1.74. The van der Waals surface area contributed by atoms with E-state index in [0.717, 1.165) is 32.1 Å². The van der Waals surface area contributed by atoms with Crippen LogP contribution in [0.1, 0.15) is 62.6 Å². The summed E-state index contributed by atoms with van der Waals surface area (Å²) in [5, 5.41) is 30.7. The SMILES string of the molecule is O=C1[C@H]2[C@H](C[C@H](CO)[C@@]3(O)O[C@H](c4ccc(CO)o4)C[C@@H]23)C(=O)N1C1CCCCC1. The van der Waals surface area contributed by atoms with Gasteiger partial charge in [-0.3, -0.25) is 14.5 Å². The van der Waals surface area contributed by atoms with Crippen LogP contribution in [-0.4, -0.2) is 50.5 Å². The number of aliphatic hydroxyl groups is 3. The molecular formula is C22H29NO7. The lowest BCUT2D eigenvalue weighted by molar-refractivity contribution is -0.275. The number of carbonyl (C=O) groups is 2. The molecule has 2 amide bonds.